The van der Waals surface area contributed by atoms with Crippen LogP contribution in [0.25, 0.3) is 0 Å². The number of nitrogens with zero attached hydrogens (tertiary/aromatic N) is 1. The highest BCUT2D eigenvalue weighted by atomic mass is 32.1. The van der Waals surface area contributed by atoms with Gasteiger partial charge in [0.05, 0.1) is 11.2 Å². The van der Waals surface area contributed by atoms with Crippen LogP contribution in [0.2, 0.25) is 0 Å². The lowest BCUT2D eigenvalue weighted by molar-refractivity contribution is 0.396. The SMILES string of the molecule is CCCNC1(c2nc(CC)c(C)s2)CCc2ccccc21. The third-order valence-electron chi connectivity index (χ3n) is 4.52. The first-order valence-corrected chi connectivity index (χ1v) is 8.83. The first kappa shape index (κ1) is 14.7. The van der Waals surface area contributed by atoms with E-state index < -0.39 is 0 Å². The molecule has 2 aromatic rings. The molecule has 0 saturated heterocycles. The largest absolute Gasteiger partial charge is 0.302 e. The molecule has 0 spiro atoms. The summed E-state index contributed by atoms with van der Waals surface area (Å²) in [7, 11) is 0. The Morgan fingerprint density at radius 3 is 2.81 bits per heavy atom. The van der Waals surface area contributed by atoms with Crippen LogP contribution in [0.3, 0.4) is 0 Å². The zero-order valence-corrected chi connectivity index (χ0v) is 14.0. The van der Waals surface area contributed by atoms with Crippen molar-refractivity contribution >= 4 is 11.3 Å². The van der Waals surface area contributed by atoms with Gasteiger partial charge in [-0.1, -0.05) is 38.1 Å². The van der Waals surface area contributed by atoms with E-state index in [1.165, 1.54) is 26.7 Å². The number of thiazole rings is 1. The Bertz CT molecular complexity index is 632. The van der Waals surface area contributed by atoms with E-state index in [2.05, 4.69) is 50.4 Å². The molecular weight excluding hydrogens is 276 g/mol. The summed E-state index contributed by atoms with van der Waals surface area (Å²) in [6.45, 7) is 7.66. The van der Waals surface area contributed by atoms with E-state index in [4.69, 9.17) is 4.98 Å². The van der Waals surface area contributed by atoms with Crippen LogP contribution in [0.4, 0.5) is 0 Å². The Balaban J connectivity index is 2.10. The molecule has 0 radical (unpaired) electrons. The van der Waals surface area contributed by atoms with E-state index in [1.807, 2.05) is 11.3 Å². The summed E-state index contributed by atoms with van der Waals surface area (Å²) in [5, 5.41) is 5.09. The smallest absolute Gasteiger partial charge is 0.118 e. The van der Waals surface area contributed by atoms with Crippen molar-refractivity contribution in [3.8, 4) is 0 Å². The normalized spacial score (nSPS) is 20.7. The van der Waals surface area contributed by atoms with Crippen molar-refractivity contribution in [3.63, 3.8) is 0 Å². The first-order valence-electron chi connectivity index (χ1n) is 8.01. The number of benzene rings is 1. The van der Waals surface area contributed by atoms with Crippen molar-refractivity contribution in [1.82, 2.24) is 10.3 Å². The monoisotopic (exact) mass is 300 g/mol. The highest BCUT2D eigenvalue weighted by molar-refractivity contribution is 7.11. The minimum absolute atomic E-state index is 0.0601. The van der Waals surface area contributed by atoms with Crippen LogP contribution in [0.15, 0.2) is 24.3 Å². The lowest BCUT2D eigenvalue weighted by atomic mass is 9.92. The van der Waals surface area contributed by atoms with E-state index in [1.54, 1.807) is 0 Å². The van der Waals surface area contributed by atoms with E-state index in [9.17, 15) is 0 Å². The zero-order chi connectivity index (χ0) is 14.9. The molecule has 1 unspecified atom stereocenters. The molecule has 0 bridgehead atoms. The minimum Gasteiger partial charge on any atom is -0.302 e. The molecule has 0 saturated carbocycles. The lowest BCUT2D eigenvalue weighted by Gasteiger charge is -2.30. The van der Waals surface area contributed by atoms with E-state index in [0.29, 0.717) is 0 Å². The molecule has 1 heterocycles. The van der Waals surface area contributed by atoms with Crippen molar-refractivity contribution in [3.05, 3.63) is 51.0 Å². The molecule has 1 aromatic carbocycles. The summed E-state index contributed by atoms with van der Waals surface area (Å²) in [6.07, 6.45) is 4.44. The maximum atomic E-state index is 4.99. The van der Waals surface area contributed by atoms with Crippen LogP contribution in [0.5, 0.6) is 0 Å². The molecule has 1 aromatic heterocycles. The molecule has 0 fully saturated rings. The maximum Gasteiger partial charge on any atom is 0.118 e. The predicted octanol–water partition coefficient (Wildman–Crippen LogP) is 4.20. The van der Waals surface area contributed by atoms with Crippen molar-refractivity contribution in [2.24, 2.45) is 0 Å². The third-order valence-corrected chi connectivity index (χ3v) is 5.69. The Kier molecular flexibility index (Phi) is 4.14. The summed E-state index contributed by atoms with van der Waals surface area (Å²) in [5.41, 5.74) is 4.12. The molecule has 0 amide bonds. The summed E-state index contributed by atoms with van der Waals surface area (Å²) < 4.78 is 0. The van der Waals surface area contributed by atoms with Gasteiger partial charge in [-0.15, -0.1) is 11.3 Å². The summed E-state index contributed by atoms with van der Waals surface area (Å²) in [6, 6.07) is 8.87. The van der Waals surface area contributed by atoms with Crippen LogP contribution in [-0.2, 0) is 18.4 Å². The average molecular weight is 300 g/mol. The zero-order valence-electron chi connectivity index (χ0n) is 13.2. The standard InChI is InChI=1S/C18H24N2S/c1-4-12-19-18(17-20-16(5-2)13(3)21-17)11-10-14-8-6-7-9-15(14)18/h6-9,19H,4-5,10-12H2,1-3H3. The quantitative estimate of drug-likeness (QED) is 0.895. The fraction of sp³-hybridized carbons (Fsp3) is 0.500. The molecule has 21 heavy (non-hydrogen) atoms. The molecule has 1 aliphatic rings. The molecular formula is C18H24N2S. The third kappa shape index (κ3) is 2.43. The van der Waals surface area contributed by atoms with Crippen molar-refractivity contribution < 1.29 is 0 Å². The van der Waals surface area contributed by atoms with Crippen LogP contribution >= 0.6 is 11.3 Å². The maximum absolute atomic E-state index is 4.99. The number of aryl methyl sites for hydroxylation is 3. The van der Waals surface area contributed by atoms with Crippen molar-refractivity contribution in [2.75, 3.05) is 6.54 Å². The number of aromatic nitrogens is 1. The van der Waals surface area contributed by atoms with Gasteiger partial charge in [0.15, 0.2) is 0 Å². The van der Waals surface area contributed by atoms with Crippen molar-refractivity contribution in [2.45, 2.75) is 52.0 Å². The molecule has 0 aliphatic heterocycles. The molecule has 112 valence electrons. The number of rotatable bonds is 5. The van der Waals surface area contributed by atoms with Gasteiger partial charge in [-0.2, -0.15) is 0 Å². The predicted molar refractivity (Wildman–Crippen MR) is 90.1 cm³/mol. The lowest BCUT2D eigenvalue weighted by Crippen LogP contribution is -2.42. The van der Waals surface area contributed by atoms with E-state index >= 15 is 0 Å². The Labute approximate surface area is 131 Å². The Morgan fingerprint density at radius 1 is 1.29 bits per heavy atom. The molecule has 3 rings (SSSR count). The van der Waals surface area contributed by atoms with Gasteiger partial charge in [-0.3, -0.25) is 0 Å². The highest BCUT2D eigenvalue weighted by Crippen LogP contribution is 2.44. The second-order valence-electron chi connectivity index (χ2n) is 5.86. The van der Waals surface area contributed by atoms with Gasteiger partial charge < -0.3 is 5.32 Å². The number of fused-ring (bicyclic) bond motifs is 1. The van der Waals surface area contributed by atoms with Crippen LogP contribution in [-0.4, -0.2) is 11.5 Å². The van der Waals surface area contributed by atoms with Crippen LogP contribution in [0.1, 0.15) is 53.4 Å². The summed E-state index contributed by atoms with van der Waals surface area (Å²) >= 11 is 1.88. The van der Waals surface area contributed by atoms with Crippen molar-refractivity contribution in [1.29, 1.82) is 0 Å². The van der Waals surface area contributed by atoms with Gasteiger partial charge in [0, 0.05) is 4.88 Å². The average Bonchev–Trinajstić information content (AvgIpc) is 3.07. The molecule has 1 atom stereocenters. The summed E-state index contributed by atoms with van der Waals surface area (Å²) in [4.78, 5) is 6.36. The molecule has 1 N–H and O–H groups in total. The topological polar surface area (TPSA) is 24.9 Å². The number of nitrogens with one attached hydrogen (secondary N) is 1. The number of hydrogen-bond donors (Lipinski definition) is 1. The van der Waals surface area contributed by atoms with Gasteiger partial charge in [-0.05, 0) is 50.3 Å². The van der Waals surface area contributed by atoms with Gasteiger partial charge in [-0.25, -0.2) is 4.98 Å². The number of hydrogen-bond acceptors (Lipinski definition) is 3. The first-order chi connectivity index (χ1) is 10.2. The van der Waals surface area contributed by atoms with Gasteiger partial charge in [0.1, 0.15) is 5.01 Å². The highest BCUT2D eigenvalue weighted by Gasteiger charge is 2.42. The Morgan fingerprint density at radius 2 is 2.10 bits per heavy atom. The minimum atomic E-state index is -0.0601. The van der Waals surface area contributed by atoms with Crippen LogP contribution in [0, 0.1) is 6.92 Å². The fourth-order valence-electron chi connectivity index (χ4n) is 3.37. The second kappa shape index (κ2) is 5.90. The summed E-state index contributed by atoms with van der Waals surface area (Å²) in [5.74, 6) is 0. The molecule has 2 nitrogen and oxygen atoms in total. The van der Waals surface area contributed by atoms with E-state index in [-0.39, 0.29) is 5.54 Å². The Hall–Kier alpha value is -1.19. The van der Waals surface area contributed by atoms with Gasteiger partial charge in [0.25, 0.3) is 0 Å². The van der Waals surface area contributed by atoms with Gasteiger partial charge >= 0.3 is 0 Å². The molecule has 1 aliphatic carbocycles. The molecule has 3 heteroatoms. The van der Waals surface area contributed by atoms with Crippen LogP contribution < -0.4 is 5.32 Å². The van der Waals surface area contributed by atoms with Gasteiger partial charge in [0.2, 0.25) is 0 Å². The fourth-order valence-corrected chi connectivity index (χ4v) is 4.58. The van der Waals surface area contributed by atoms with E-state index in [0.717, 1.165) is 32.2 Å². The second-order valence-corrected chi connectivity index (χ2v) is 7.07.